The minimum absolute atomic E-state index is 0.266. The Morgan fingerprint density at radius 2 is 1.96 bits per heavy atom. The Morgan fingerprint density at radius 3 is 2.60 bits per heavy atom. The van der Waals surface area contributed by atoms with E-state index in [1.165, 1.54) is 4.90 Å². The smallest absolute Gasteiger partial charge is 0.410 e. The van der Waals surface area contributed by atoms with Crippen molar-refractivity contribution in [3.8, 4) is 0 Å². The monoisotopic (exact) mass is 345 g/mol. The Hall–Kier alpha value is -2.57. The number of nitrogens with zero attached hydrogens (tertiary/aromatic N) is 2. The van der Waals surface area contributed by atoms with E-state index < -0.39 is 11.7 Å². The van der Waals surface area contributed by atoms with Crippen LogP contribution >= 0.6 is 0 Å². The molecule has 0 radical (unpaired) electrons. The first-order chi connectivity index (χ1) is 11.7. The number of carbonyl (C=O) groups excluding carboxylic acids is 3. The summed E-state index contributed by atoms with van der Waals surface area (Å²) in [5.74, 6) is -0.725. The summed E-state index contributed by atoms with van der Waals surface area (Å²) in [7, 11) is 0. The lowest BCUT2D eigenvalue weighted by Crippen LogP contribution is -2.52. The second-order valence-electron chi connectivity index (χ2n) is 7.47. The van der Waals surface area contributed by atoms with Crippen LogP contribution in [0.2, 0.25) is 0 Å². The number of rotatable bonds is 1. The van der Waals surface area contributed by atoms with Crippen molar-refractivity contribution in [1.82, 2.24) is 9.80 Å². The number of nitrogens with two attached hydrogens (primary N) is 1. The zero-order chi connectivity index (χ0) is 18.4. The highest BCUT2D eigenvalue weighted by molar-refractivity contribution is 6.23. The van der Waals surface area contributed by atoms with E-state index in [2.05, 4.69) is 0 Å². The summed E-state index contributed by atoms with van der Waals surface area (Å²) in [5.41, 5.74) is 6.19. The van der Waals surface area contributed by atoms with Crippen LogP contribution in [0.15, 0.2) is 18.2 Å². The van der Waals surface area contributed by atoms with Gasteiger partial charge in [0.05, 0.1) is 17.2 Å². The van der Waals surface area contributed by atoms with Crippen molar-refractivity contribution in [3.05, 3.63) is 29.3 Å². The van der Waals surface area contributed by atoms with E-state index in [4.69, 9.17) is 10.5 Å². The van der Waals surface area contributed by atoms with E-state index in [-0.39, 0.29) is 30.0 Å². The summed E-state index contributed by atoms with van der Waals surface area (Å²) in [6.45, 7) is 6.24. The quantitative estimate of drug-likeness (QED) is 0.622. The van der Waals surface area contributed by atoms with Crippen LogP contribution in [-0.2, 0) is 4.74 Å². The number of benzene rings is 1. The Balaban J connectivity index is 1.79. The number of amides is 3. The van der Waals surface area contributed by atoms with Gasteiger partial charge in [0.1, 0.15) is 5.60 Å². The molecule has 7 heteroatoms. The van der Waals surface area contributed by atoms with Crippen LogP contribution in [0, 0.1) is 0 Å². The van der Waals surface area contributed by atoms with Crippen molar-refractivity contribution in [3.63, 3.8) is 0 Å². The van der Waals surface area contributed by atoms with E-state index in [0.29, 0.717) is 30.6 Å². The van der Waals surface area contributed by atoms with Gasteiger partial charge < -0.3 is 15.4 Å². The molecule has 2 aliphatic heterocycles. The molecule has 3 rings (SSSR count). The third-order valence-corrected chi connectivity index (χ3v) is 4.39. The number of nitrogen functional groups attached to an aromatic ring is 1. The largest absolute Gasteiger partial charge is 0.444 e. The number of anilines is 1. The first-order valence-electron chi connectivity index (χ1n) is 8.43. The second-order valence-corrected chi connectivity index (χ2v) is 7.47. The number of ether oxygens (including phenoxy) is 1. The molecule has 7 nitrogen and oxygen atoms in total. The number of fused-ring (bicyclic) bond motifs is 1. The lowest BCUT2D eigenvalue weighted by Gasteiger charge is -2.37. The highest BCUT2D eigenvalue weighted by Gasteiger charge is 2.43. The molecule has 1 aromatic carbocycles. The summed E-state index contributed by atoms with van der Waals surface area (Å²) in [6.07, 6.45) is 0.936. The molecule has 0 aromatic heterocycles. The Bertz CT molecular complexity index is 738. The SMILES string of the molecule is CC(C)(C)OC(=O)N1CCCC(N2C(=O)c3cccc(N)c3C2=O)C1. The van der Waals surface area contributed by atoms with Gasteiger partial charge in [0.2, 0.25) is 0 Å². The number of carbonyl (C=O) groups is 3. The first-order valence-corrected chi connectivity index (χ1v) is 8.43. The minimum atomic E-state index is -0.589. The van der Waals surface area contributed by atoms with E-state index in [1.807, 2.05) is 0 Å². The molecule has 0 spiro atoms. The molecule has 1 fully saturated rings. The van der Waals surface area contributed by atoms with Gasteiger partial charge in [-0.25, -0.2) is 4.79 Å². The van der Waals surface area contributed by atoms with Crippen molar-refractivity contribution >= 4 is 23.6 Å². The number of hydrogen-bond acceptors (Lipinski definition) is 5. The van der Waals surface area contributed by atoms with Crippen molar-refractivity contribution in [2.24, 2.45) is 0 Å². The zero-order valence-electron chi connectivity index (χ0n) is 14.7. The van der Waals surface area contributed by atoms with Gasteiger partial charge in [0.15, 0.2) is 0 Å². The fourth-order valence-corrected chi connectivity index (χ4v) is 3.32. The van der Waals surface area contributed by atoms with Crippen LogP contribution in [-0.4, -0.2) is 52.4 Å². The predicted octanol–water partition coefficient (Wildman–Crippen LogP) is 2.26. The number of hydrogen-bond donors (Lipinski definition) is 1. The van der Waals surface area contributed by atoms with Gasteiger partial charge in [0.25, 0.3) is 11.8 Å². The molecule has 0 saturated carbocycles. The molecular weight excluding hydrogens is 322 g/mol. The van der Waals surface area contributed by atoms with Gasteiger partial charge in [-0.2, -0.15) is 0 Å². The van der Waals surface area contributed by atoms with Gasteiger partial charge >= 0.3 is 6.09 Å². The molecule has 1 unspecified atom stereocenters. The van der Waals surface area contributed by atoms with Crippen molar-refractivity contribution in [2.45, 2.75) is 45.3 Å². The van der Waals surface area contributed by atoms with Crippen LogP contribution in [0.3, 0.4) is 0 Å². The van der Waals surface area contributed by atoms with Crippen LogP contribution in [0.25, 0.3) is 0 Å². The van der Waals surface area contributed by atoms with Crippen LogP contribution in [0.1, 0.15) is 54.3 Å². The molecule has 134 valence electrons. The van der Waals surface area contributed by atoms with Crippen molar-refractivity contribution in [1.29, 1.82) is 0 Å². The maximum Gasteiger partial charge on any atom is 0.410 e. The minimum Gasteiger partial charge on any atom is -0.444 e. The number of likely N-dealkylation sites (tertiary alicyclic amines) is 1. The summed E-state index contributed by atoms with van der Waals surface area (Å²) < 4.78 is 5.40. The Kier molecular flexibility index (Phi) is 4.18. The van der Waals surface area contributed by atoms with E-state index >= 15 is 0 Å². The van der Waals surface area contributed by atoms with Crippen molar-refractivity contribution < 1.29 is 19.1 Å². The highest BCUT2D eigenvalue weighted by Crippen LogP contribution is 2.31. The van der Waals surface area contributed by atoms with Crippen LogP contribution in [0.4, 0.5) is 10.5 Å². The maximum absolute atomic E-state index is 12.7. The lowest BCUT2D eigenvalue weighted by atomic mass is 10.0. The topological polar surface area (TPSA) is 92.9 Å². The zero-order valence-corrected chi connectivity index (χ0v) is 14.7. The van der Waals surface area contributed by atoms with Gasteiger partial charge in [-0.15, -0.1) is 0 Å². The molecule has 1 saturated heterocycles. The third-order valence-electron chi connectivity index (χ3n) is 4.39. The molecule has 2 aliphatic rings. The van der Waals surface area contributed by atoms with Crippen LogP contribution < -0.4 is 5.73 Å². The molecule has 0 aliphatic carbocycles. The summed E-state index contributed by atoms with van der Waals surface area (Å²) in [4.78, 5) is 40.5. The lowest BCUT2D eigenvalue weighted by molar-refractivity contribution is 0.0111. The third kappa shape index (κ3) is 3.18. The average Bonchev–Trinajstić information content (AvgIpc) is 2.78. The molecule has 1 atom stereocenters. The van der Waals surface area contributed by atoms with Gasteiger partial charge in [-0.3, -0.25) is 14.5 Å². The molecule has 3 amide bonds. The number of piperidine rings is 1. The second kappa shape index (κ2) is 6.06. The van der Waals surface area contributed by atoms with E-state index in [1.54, 1.807) is 43.9 Å². The molecule has 25 heavy (non-hydrogen) atoms. The molecule has 2 heterocycles. The highest BCUT2D eigenvalue weighted by atomic mass is 16.6. The summed E-state index contributed by atoms with van der Waals surface area (Å²) in [6, 6.07) is 4.52. The summed E-state index contributed by atoms with van der Waals surface area (Å²) >= 11 is 0. The summed E-state index contributed by atoms with van der Waals surface area (Å²) in [5, 5.41) is 0. The predicted molar refractivity (Wildman–Crippen MR) is 92.2 cm³/mol. The van der Waals surface area contributed by atoms with Gasteiger partial charge in [-0.1, -0.05) is 6.07 Å². The molecule has 0 bridgehead atoms. The standard InChI is InChI=1S/C18H23N3O4/c1-18(2,3)25-17(24)20-9-5-6-11(10-20)21-15(22)12-7-4-8-13(19)14(12)16(21)23/h4,7-8,11H,5-6,9-10,19H2,1-3H3. The van der Waals surface area contributed by atoms with Crippen molar-refractivity contribution in [2.75, 3.05) is 18.8 Å². The number of imide groups is 1. The molecular formula is C18H23N3O4. The molecule has 2 N–H and O–H groups in total. The molecule has 1 aromatic rings. The van der Waals surface area contributed by atoms with Gasteiger partial charge in [0, 0.05) is 18.8 Å². The van der Waals surface area contributed by atoms with E-state index in [0.717, 1.165) is 0 Å². The van der Waals surface area contributed by atoms with Crippen LogP contribution in [0.5, 0.6) is 0 Å². The fourth-order valence-electron chi connectivity index (χ4n) is 3.32. The normalized spacial score (nSPS) is 20.7. The Morgan fingerprint density at radius 1 is 1.24 bits per heavy atom. The van der Waals surface area contributed by atoms with Gasteiger partial charge in [-0.05, 0) is 45.7 Å². The average molecular weight is 345 g/mol. The fraction of sp³-hybridized carbons (Fsp3) is 0.500. The Labute approximate surface area is 146 Å². The van der Waals surface area contributed by atoms with E-state index in [9.17, 15) is 14.4 Å². The maximum atomic E-state index is 12.7. The first kappa shape index (κ1) is 17.3.